The van der Waals surface area contributed by atoms with Gasteiger partial charge in [-0.15, -0.1) is 11.6 Å². The summed E-state index contributed by atoms with van der Waals surface area (Å²) < 4.78 is 36.5. The molecule has 2 rings (SSSR count). The Hall–Kier alpha value is -0.610. The first kappa shape index (κ1) is 12.8. The molecule has 2 atom stereocenters. The molecule has 1 saturated heterocycles. The summed E-state index contributed by atoms with van der Waals surface area (Å²) in [5, 5.41) is 0. The SMILES string of the molecule is O=S1(=O)CCC(C(CCl)c2ccccc2F)C1. The van der Waals surface area contributed by atoms with Gasteiger partial charge in [-0.05, 0) is 24.0 Å². The van der Waals surface area contributed by atoms with Crippen molar-refractivity contribution in [3.8, 4) is 0 Å². The Morgan fingerprint density at radius 1 is 1.41 bits per heavy atom. The van der Waals surface area contributed by atoms with Crippen molar-refractivity contribution >= 4 is 21.4 Å². The van der Waals surface area contributed by atoms with Crippen LogP contribution in [0.5, 0.6) is 0 Å². The van der Waals surface area contributed by atoms with Crippen LogP contribution in [0.3, 0.4) is 0 Å². The molecule has 0 N–H and O–H groups in total. The molecule has 0 saturated carbocycles. The molecule has 5 heteroatoms. The summed E-state index contributed by atoms with van der Waals surface area (Å²) in [7, 11) is -2.95. The summed E-state index contributed by atoms with van der Waals surface area (Å²) in [6.45, 7) is 0. The number of halogens is 2. The lowest BCUT2D eigenvalue weighted by atomic mass is 9.87. The number of rotatable bonds is 3. The van der Waals surface area contributed by atoms with E-state index in [-0.39, 0.29) is 35.0 Å². The van der Waals surface area contributed by atoms with Crippen LogP contribution in [0.15, 0.2) is 24.3 Å². The topological polar surface area (TPSA) is 34.1 Å². The molecule has 17 heavy (non-hydrogen) atoms. The maximum absolute atomic E-state index is 13.7. The Morgan fingerprint density at radius 3 is 2.65 bits per heavy atom. The number of hydrogen-bond acceptors (Lipinski definition) is 2. The maximum Gasteiger partial charge on any atom is 0.150 e. The highest BCUT2D eigenvalue weighted by molar-refractivity contribution is 7.91. The van der Waals surface area contributed by atoms with Gasteiger partial charge in [-0.3, -0.25) is 0 Å². The third kappa shape index (κ3) is 2.80. The molecule has 1 fully saturated rings. The van der Waals surface area contributed by atoms with Crippen LogP contribution in [-0.4, -0.2) is 25.8 Å². The molecule has 0 spiro atoms. The summed E-state index contributed by atoms with van der Waals surface area (Å²) in [4.78, 5) is 0. The average Bonchev–Trinajstić information content (AvgIpc) is 2.63. The predicted molar refractivity (Wildman–Crippen MR) is 66.6 cm³/mol. The molecule has 1 heterocycles. The van der Waals surface area contributed by atoms with E-state index >= 15 is 0 Å². The molecular formula is C12H14ClFO2S. The van der Waals surface area contributed by atoms with Gasteiger partial charge in [-0.2, -0.15) is 0 Å². The van der Waals surface area contributed by atoms with Crippen LogP contribution in [0.2, 0.25) is 0 Å². The van der Waals surface area contributed by atoms with E-state index in [1.165, 1.54) is 6.07 Å². The monoisotopic (exact) mass is 276 g/mol. The fourth-order valence-electron chi connectivity index (χ4n) is 2.38. The molecule has 0 aromatic heterocycles. The smallest absolute Gasteiger partial charge is 0.150 e. The second-order valence-electron chi connectivity index (χ2n) is 4.45. The van der Waals surface area contributed by atoms with Crippen molar-refractivity contribution in [1.82, 2.24) is 0 Å². The van der Waals surface area contributed by atoms with Crippen molar-refractivity contribution in [3.05, 3.63) is 35.6 Å². The fraction of sp³-hybridized carbons (Fsp3) is 0.500. The zero-order chi connectivity index (χ0) is 12.5. The Labute approximate surface area is 106 Å². The van der Waals surface area contributed by atoms with Gasteiger partial charge in [0.2, 0.25) is 0 Å². The summed E-state index contributed by atoms with van der Waals surface area (Å²) in [6, 6.07) is 6.45. The summed E-state index contributed by atoms with van der Waals surface area (Å²) in [6.07, 6.45) is 0.577. The quantitative estimate of drug-likeness (QED) is 0.795. The molecule has 1 aliphatic rings. The Kier molecular flexibility index (Phi) is 3.73. The van der Waals surface area contributed by atoms with E-state index in [0.717, 1.165) is 0 Å². The van der Waals surface area contributed by atoms with E-state index < -0.39 is 9.84 Å². The van der Waals surface area contributed by atoms with Gasteiger partial charge in [-0.25, -0.2) is 12.8 Å². The lowest BCUT2D eigenvalue weighted by molar-refractivity contribution is 0.478. The Balaban J connectivity index is 2.26. The highest BCUT2D eigenvalue weighted by Crippen LogP contribution is 2.35. The van der Waals surface area contributed by atoms with Crippen LogP contribution in [0.1, 0.15) is 17.9 Å². The summed E-state index contributed by atoms with van der Waals surface area (Å²) in [5.41, 5.74) is 0.532. The fourth-order valence-corrected chi connectivity index (χ4v) is 4.68. The van der Waals surface area contributed by atoms with Crippen LogP contribution in [0.4, 0.5) is 4.39 Å². The second-order valence-corrected chi connectivity index (χ2v) is 6.98. The lowest BCUT2D eigenvalue weighted by Gasteiger charge is -2.20. The first-order valence-corrected chi connectivity index (χ1v) is 7.90. The highest BCUT2D eigenvalue weighted by Gasteiger charge is 2.34. The molecular weight excluding hydrogens is 263 g/mol. The number of benzene rings is 1. The normalized spacial score (nSPS) is 24.7. The minimum atomic E-state index is -2.95. The maximum atomic E-state index is 13.7. The molecule has 0 radical (unpaired) electrons. The van der Waals surface area contributed by atoms with Gasteiger partial charge >= 0.3 is 0 Å². The van der Waals surface area contributed by atoms with Gasteiger partial charge in [0, 0.05) is 11.8 Å². The van der Waals surface area contributed by atoms with E-state index in [0.29, 0.717) is 12.0 Å². The van der Waals surface area contributed by atoms with Crippen molar-refractivity contribution in [2.24, 2.45) is 5.92 Å². The van der Waals surface area contributed by atoms with Crippen LogP contribution in [0, 0.1) is 11.7 Å². The average molecular weight is 277 g/mol. The first-order chi connectivity index (χ1) is 8.03. The molecule has 0 bridgehead atoms. The third-order valence-electron chi connectivity index (χ3n) is 3.31. The van der Waals surface area contributed by atoms with Gasteiger partial charge in [0.05, 0.1) is 11.5 Å². The van der Waals surface area contributed by atoms with Crippen LogP contribution in [0.25, 0.3) is 0 Å². The summed E-state index contributed by atoms with van der Waals surface area (Å²) in [5.74, 6) is -0.00806. The Morgan fingerprint density at radius 2 is 2.12 bits per heavy atom. The largest absolute Gasteiger partial charge is 0.229 e. The molecule has 1 aromatic carbocycles. The molecule has 2 unspecified atom stereocenters. The van der Waals surface area contributed by atoms with Gasteiger partial charge in [0.25, 0.3) is 0 Å². The molecule has 2 nitrogen and oxygen atoms in total. The minimum Gasteiger partial charge on any atom is -0.229 e. The second kappa shape index (κ2) is 4.94. The van der Waals surface area contributed by atoms with Crippen LogP contribution in [-0.2, 0) is 9.84 Å². The molecule has 0 aliphatic carbocycles. The lowest BCUT2D eigenvalue weighted by Crippen LogP contribution is -2.17. The molecule has 1 aliphatic heterocycles. The number of sulfone groups is 1. The molecule has 0 amide bonds. The molecule has 1 aromatic rings. The van der Waals surface area contributed by atoms with Crippen LogP contribution < -0.4 is 0 Å². The number of alkyl halides is 1. The van der Waals surface area contributed by atoms with Crippen molar-refractivity contribution in [3.63, 3.8) is 0 Å². The van der Waals surface area contributed by atoms with Crippen LogP contribution >= 0.6 is 11.6 Å². The predicted octanol–water partition coefficient (Wildman–Crippen LogP) is 2.58. The van der Waals surface area contributed by atoms with E-state index in [9.17, 15) is 12.8 Å². The minimum absolute atomic E-state index is 0.0607. The van der Waals surface area contributed by atoms with E-state index in [4.69, 9.17) is 11.6 Å². The van der Waals surface area contributed by atoms with Gasteiger partial charge in [0.15, 0.2) is 9.84 Å². The van der Waals surface area contributed by atoms with E-state index in [1.807, 2.05) is 0 Å². The Bertz CT molecular complexity index is 501. The van der Waals surface area contributed by atoms with Gasteiger partial charge < -0.3 is 0 Å². The first-order valence-electron chi connectivity index (χ1n) is 5.54. The zero-order valence-electron chi connectivity index (χ0n) is 9.27. The van der Waals surface area contributed by atoms with Crippen molar-refractivity contribution < 1.29 is 12.8 Å². The highest BCUT2D eigenvalue weighted by atomic mass is 35.5. The van der Waals surface area contributed by atoms with Gasteiger partial charge in [0.1, 0.15) is 5.82 Å². The van der Waals surface area contributed by atoms with E-state index in [2.05, 4.69) is 0 Å². The van der Waals surface area contributed by atoms with Crippen molar-refractivity contribution in [2.45, 2.75) is 12.3 Å². The van der Waals surface area contributed by atoms with Gasteiger partial charge in [-0.1, -0.05) is 18.2 Å². The van der Waals surface area contributed by atoms with E-state index in [1.54, 1.807) is 18.2 Å². The number of hydrogen-bond donors (Lipinski definition) is 0. The standard InChI is InChI=1S/C12H14ClFO2S/c13-7-11(9-5-6-17(15,16)8-9)10-3-1-2-4-12(10)14/h1-4,9,11H,5-8H2. The third-order valence-corrected chi connectivity index (χ3v) is 5.43. The zero-order valence-corrected chi connectivity index (χ0v) is 10.8. The summed E-state index contributed by atoms with van der Waals surface area (Å²) >= 11 is 5.89. The molecule has 94 valence electrons. The van der Waals surface area contributed by atoms with Crippen molar-refractivity contribution in [1.29, 1.82) is 0 Å². The van der Waals surface area contributed by atoms with Crippen molar-refractivity contribution in [2.75, 3.05) is 17.4 Å².